The third-order valence-electron chi connectivity index (χ3n) is 3.42. The fraction of sp³-hybridized carbons (Fsp3) is 0.933. The van der Waals surface area contributed by atoms with Gasteiger partial charge in [-0.15, -0.1) is 24.0 Å². The Morgan fingerprint density at radius 1 is 1.19 bits per heavy atom. The molecule has 0 radical (unpaired) electrons. The zero-order chi connectivity index (χ0) is 15.6. The van der Waals surface area contributed by atoms with Crippen LogP contribution < -0.4 is 11.1 Å². The fourth-order valence-electron chi connectivity index (χ4n) is 2.47. The van der Waals surface area contributed by atoms with Crippen LogP contribution in [0.2, 0.25) is 0 Å². The number of hydrogen-bond acceptors (Lipinski definition) is 3. The first-order valence-corrected chi connectivity index (χ1v) is 7.48. The van der Waals surface area contributed by atoms with Crippen LogP contribution in [0.3, 0.4) is 0 Å². The molecule has 1 fully saturated rings. The van der Waals surface area contributed by atoms with Crippen molar-refractivity contribution in [2.24, 2.45) is 10.7 Å². The minimum absolute atomic E-state index is 0. The molecule has 0 amide bonds. The van der Waals surface area contributed by atoms with Gasteiger partial charge >= 0.3 is 0 Å². The number of hydrogen-bond donors (Lipinski definition) is 2. The summed E-state index contributed by atoms with van der Waals surface area (Å²) >= 11 is 0. The van der Waals surface area contributed by atoms with Crippen molar-refractivity contribution in [1.82, 2.24) is 10.2 Å². The molecule has 1 rings (SSSR count). The van der Waals surface area contributed by atoms with Crippen LogP contribution in [0.4, 0.5) is 0 Å². The van der Waals surface area contributed by atoms with E-state index in [0.717, 1.165) is 13.1 Å². The Morgan fingerprint density at radius 3 is 2.10 bits per heavy atom. The van der Waals surface area contributed by atoms with Gasteiger partial charge in [0, 0.05) is 24.2 Å². The number of nitrogens with one attached hydrogen (secondary N) is 1. The first-order valence-electron chi connectivity index (χ1n) is 7.48. The van der Waals surface area contributed by atoms with Gasteiger partial charge in [0.05, 0.1) is 18.8 Å². The number of guanidine groups is 1. The molecule has 0 aromatic carbocycles. The predicted molar refractivity (Wildman–Crippen MR) is 100 cm³/mol. The maximum absolute atomic E-state index is 5.95. The van der Waals surface area contributed by atoms with E-state index >= 15 is 0 Å². The second kappa shape index (κ2) is 7.97. The van der Waals surface area contributed by atoms with E-state index in [0.29, 0.717) is 12.5 Å². The lowest BCUT2D eigenvalue weighted by Gasteiger charge is -2.44. The Kier molecular flexibility index (Phi) is 7.94. The number of halogens is 1. The van der Waals surface area contributed by atoms with E-state index < -0.39 is 0 Å². The van der Waals surface area contributed by atoms with Gasteiger partial charge < -0.3 is 15.8 Å². The van der Waals surface area contributed by atoms with Gasteiger partial charge in [-0.2, -0.15) is 0 Å². The monoisotopic (exact) mass is 412 g/mol. The first kappa shape index (κ1) is 20.9. The molecule has 2 unspecified atom stereocenters. The molecule has 126 valence electrons. The zero-order valence-electron chi connectivity index (χ0n) is 14.6. The Bertz CT molecular complexity index is 342. The summed E-state index contributed by atoms with van der Waals surface area (Å²) in [5.74, 6) is 0.514. The minimum atomic E-state index is -0.0558. The molecular formula is C15H33IN4O. The van der Waals surface area contributed by atoms with E-state index in [1.807, 2.05) is 0 Å². The molecule has 21 heavy (non-hydrogen) atoms. The molecule has 2 atom stereocenters. The molecular weight excluding hydrogens is 379 g/mol. The SMILES string of the molecule is CC1CN(C(C)(C)CN=C(N)NC(C)(C)C)CC(C)O1.I. The van der Waals surface area contributed by atoms with Gasteiger partial charge in [0.2, 0.25) is 0 Å². The van der Waals surface area contributed by atoms with Gasteiger partial charge in [-0.1, -0.05) is 0 Å². The van der Waals surface area contributed by atoms with Crippen molar-refractivity contribution in [3.8, 4) is 0 Å². The maximum Gasteiger partial charge on any atom is 0.189 e. The summed E-state index contributed by atoms with van der Waals surface area (Å²) < 4.78 is 5.79. The standard InChI is InChI=1S/C15H32N4O.HI/c1-11-8-19(9-12(2)20-11)15(6,7)10-17-13(16)18-14(3,4)5;/h11-12H,8-10H2,1-7H3,(H3,16,17,18);1H. The average Bonchev–Trinajstić information content (AvgIpc) is 2.23. The van der Waals surface area contributed by atoms with Crippen molar-refractivity contribution in [3.05, 3.63) is 0 Å². The van der Waals surface area contributed by atoms with E-state index in [9.17, 15) is 0 Å². The third kappa shape index (κ3) is 7.65. The van der Waals surface area contributed by atoms with Gasteiger partial charge in [-0.25, -0.2) is 0 Å². The number of ether oxygens (including phenoxy) is 1. The summed E-state index contributed by atoms with van der Waals surface area (Å²) in [7, 11) is 0. The second-order valence-electron chi connectivity index (χ2n) is 7.55. The summed E-state index contributed by atoms with van der Waals surface area (Å²) in [5, 5.41) is 3.20. The Balaban J connectivity index is 0.00000400. The topological polar surface area (TPSA) is 62.9 Å². The molecule has 0 aromatic heterocycles. The molecule has 1 saturated heterocycles. The highest BCUT2D eigenvalue weighted by Gasteiger charge is 2.33. The Hall–Kier alpha value is -0.0800. The van der Waals surface area contributed by atoms with Crippen LogP contribution >= 0.6 is 24.0 Å². The van der Waals surface area contributed by atoms with Crippen LogP contribution in [0.5, 0.6) is 0 Å². The summed E-state index contributed by atoms with van der Waals surface area (Å²) in [6.07, 6.45) is 0.541. The van der Waals surface area contributed by atoms with E-state index in [-0.39, 0.29) is 47.3 Å². The molecule has 0 bridgehead atoms. The smallest absolute Gasteiger partial charge is 0.189 e. The highest BCUT2D eigenvalue weighted by Crippen LogP contribution is 2.21. The van der Waals surface area contributed by atoms with Crippen molar-refractivity contribution in [2.45, 2.75) is 71.8 Å². The van der Waals surface area contributed by atoms with Crippen molar-refractivity contribution in [3.63, 3.8) is 0 Å². The lowest BCUT2D eigenvalue weighted by Crippen LogP contribution is -2.56. The molecule has 0 aromatic rings. The molecule has 1 aliphatic rings. The average molecular weight is 412 g/mol. The number of rotatable bonds is 3. The van der Waals surface area contributed by atoms with E-state index in [1.54, 1.807) is 0 Å². The van der Waals surface area contributed by atoms with Crippen LogP contribution in [0, 0.1) is 0 Å². The van der Waals surface area contributed by atoms with Crippen LogP contribution in [0.15, 0.2) is 4.99 Å². The minimum Gasteiger partial charge on any atom is -0.373 e. The number of nitrogens with two attached hydrogens (primary N) is 1. The van der Waals surface area contributed by atoms with E-state index in [1.165, 1.54) is 0 Å². The molecule has 1 aliphatic heterocycles. The fourth-order valence-corrected chi connectivity index (χ4v) is 2.47. The van der Waals surface area contributed by atoms with Crippen molar-refractivity contribution >= 4 is 29.9 Å². The van der Waals surface area contributed by atoms with Crippen LogP contribution in [-0.2, 0) is 4.74 Å². The summed E-state index contributed by atoms with van der Waals surface area (Å²) in [4.78, 5) is 6.95. The third-order valence-corrected chi connectivity index (χ3v) is 3.42. The lowest BCUT2D eigenvalue weighted by atomic mass is 10.0. The van der Waals surface area contributed by atoms with E-state index in [2.05, 4.69) is 63.7 Å². The van der Waals surface area contributed by atoms with E-state index in [4.69, 9.17) is 10.5 Å². The summed E-state index contributed by atoms with van der Waals surface area (Å²) in [5.41, 5.74) is 5.87. The second-order valence-corrected chi connectivity index (χ2v) is 7.55. The first-order chi connectivity index (χ1) is 8.99. The van der Waals surface area contributed by atoms with Crippen molar-refractivity contribution in [1.29, 1.82) is 0 Å². The molecule has 6 heteroatoms. The Morgan fingerprint density at radius 2 is 1.67 bits per heavy atom. The zero-order valence-corrected chi connectivity index (χ0v) is 16.9. The van der Waals surface area contributed by atoms with Crippen LogP contribution in [0.25, 0.3) is 0 Å². The van der Waals surface area contributed by atoms with Gasteiger partial charge in [0.1, 0.15) is 0 Å². The quantitative estimate of drug-likeness (QED) is 0.424. The van der Waals surface area contributed by atoms with Gasteiger partial charge in [0.25, 0.3) is 0 Å². The molecule has 3 N–H and O–H groups in total. The molecule has 1 heterocycles. The normalized spacial score (nSPS) is 25.4. The number of nitrogens with zero attached hydrogens (tertiary/aromatic N) is 2. The predicted octanol–water partition coefficient (Wildman–Crippen LogP) is 2.20. The maximum atomic E-state index is 5.95. The van der Waals surface area contributed by atoms with Crippen LogP contribution in [0.1, 0.15) is 48.5 Å². The van der Waals surface area contributed by atoms with Crippen LogP contribution in [-0.4, -0.2) is 53.8 Å². The van der Waals surface area contributed by atoms with Crippen molar-refractivity contribution < 1.29 is 4.74 Å². The summed E-state index contributed by atoms with van der Waals surface area (Å²) in [6, 6.07) is 0. The van der Waals surface area contributed by atoms with Crippen molar-refractivity contribution in [2.75, 3.05) is 19.6 Å². The Labute approximate surface area is 147 Å². The largest absolute Gasteiger partial charge is 0.373 e. The van der Waals surface area contributed by atoms with Gasteiger partial charge in [-0.3, -0.25) is 9.89 Å². The molecule has 0 aliphatic carbocycles. The lowest BCUT2D eigenvalue weighted by molar-refractivity contribution is -0.0939. The van der Waals surface area contributed by atoms with Gasteiger partial charge in [-0.05, 0) is 48.5 Å². The van der Waals surface area contributed by atoms with Gasteiger partial charge in [0.15, 0.2) is 5.96 Å². The highest BCUT2D eigenvalue weighted by molar-refractivity contribution is 14.0. The molecule has 0 saturated carbocycles. The number of morpholine rings is 1. The summed E-state index contributed by atoms with van der Waals surface area (Å²) in [6.45, 7) is 17.5. The number of aliphatic imine (C=N–C) groups is 1. The molecule has 5 nitrogen and oxygen atoms in total. The highest BCUT2D eigenvalue weighted by atomic mass is 127. The molecule has 0 spiro atoms.